The molecule has 1 saturated carbocycles. The first-order valence-electron chi connectivity index (χ1n) is 9.71. The van der Waals surface area contributed by atoms with Crippen LogP contribution in [0.3, 0.4) is 0 Å². The zero-order chi connectivity index (χ0) is 18.2. The summed E-state index contributed by atoms with van der Waals surface area (Å²) in [6.45, 7) is 0.750. The Bertz CT molecular complexity index is 1140. The van der Waals surface area contributed by atoms with Crippen LogP contribution in [-0.2, 0) is 6.54 Å². The molecule has 136 valence electrons. The topological polar surface area (TPSA) is 48.0 Å². The lowest BCUT2D eigenvalue weighted by Crippen LogP contribution is -2.23. The van der Waals surface area contributed by atoms with Crippen molar-refractivity contribution in [1.29, 1.82) is 0 Å². The molecule has 0 spiro atoms. The molecule has 0 aliphatic heterocycles. The number of benzene rings is 2. The molecule has 2 heterocycles. The van der Waals surface area contributed by atoms with Gasteiger partial charge in [-0.3, -0.25) is 9.55 Å². The van der Waals surface area contributed by atoms with Gasteiger partial charge in [0.1, 0.15) is 0 Å². The Balaban J connectivity index is 1.34. The minimum absolute atomic E-state index is 0.238. The first-order chi connectivity index (χ1) is 13.3. The second kappa shape index (κ2) is 6.69. The van der Waals surface area contributed by atoms with Gasteiger partial charge in [-0.2, -0.15) is 0 Å². The molecule has 0 bridgehead atoms. The maximum Gasteiger partial charge on any atom is 0.419 e. The molecule has 0 N–H and O–H groups in total. The lowest BCUT2D eigenvalue weighted by molar-refractivity contribution is 0.289. The average molecular weight is 358 g/mol. The van der Waals surface area contributed by atoms with Gasteiger partial charge >= 0.3 is 5.76 Å². The van der Waals surface area contributed by atoms with Crippen LogP contribution >= 0.6 is 0 Å². The fraction of sp³-hybridized carbons (Fsp3) is 0.304. The summed E-state index contributed by atoms with van der Waals surface area (Å²) >= 11 is 0. The summed E-state index contributed by atoms with van der Waals surface area (Å²) in [7, 11) is 0. The molecule has 0 atom stereocenters. The van der Waals surface area contributed by atoms with Gasteiger partial charge < -0.3 is 4.42 Å². The number of hydrogen-bond donors (Lipinski definition) is 0. The van der Waals surface area contributed by atoms with Gasteiger partial charge in [-0.25, -0.2) is 4.79 Å². The minimum Gasteiger partial charge on any atom is -0.408 e. The number of para-hydroxylation sites is 3. The van der Waals surface area contributed by atoms with E-state index in [-0.39, 0.29) is 5.76 Å². The fourth-order valence-electron chi connectivity index (χ4n) is 4.58. The van der Waals surface area contributed by atoms with E-state index in [1.54, 1.807) is 0 Å². The van der Waals surface area contributed by atoms with Crippen LogP contribution in [0.5, 0.6) is 0 Å². The van der Waals surface area contributed by atoms with E-state index in [1.165, 1.54) is 10.9 Å². The van der Waals surface area contributed by atoms with Crippen LogP contribution in [0, 0.1) is 5.92 Å². The Kier molecular flexibility index (Phi) is 4.04. The van der Waals surface area contributed by atoms with Crippen molar-refractivity contribution in [3.8, 4) is 0 Å². The SMILES string of the molecule is O=c1oc2ccccc2n1C[C@H]1CC[C@@H](c2ccnc3ccccc32)CC1. The number of fused-ring (bicyclic) bond motifs is 2. The van der Waals surface area contributed by atoms with E-state index in [0.717, 1.165) is 43.3 Å². The zero-order valence-electron chi connectivity index (χ0n) is 15.2. The summed E-state index contributed by atoms with van der Waals surface area (Å²) in [4.78, 5) is 16.7. The number of rotatable bonds is 3. The molecule has 27 heavy (non-hydrogen) atoms. The maximum absolute atomic E-state index is 12.2. The molecular weight excluding hydrogens is 336 g/mol. The van der Waals surface area contributed by atoms with Gasteiger partial charge in [-0.15, -0.1) is 0 Å². The third kappa shape index (κ3) is 2.95. The predicted octanol–water partition coefficient (Wildman–Crippen LogP) is 5.12. The van der Waals surface area contributed by atoms with E-state index in [9.17, 15) is 4.79 Å². The molecule has 1 aliphatic carbocycles. The molecule has 0 amide bonds. The molecule has 4 nitrogen and oxygen atoms in total. The summed E-state index contributed by atoms with van der Waals surface area (Å²) in [5.41, 5.74) is 4.09. The van der Waals surface area contributed by atoms with E-state index < -0.39 is 0 Å². The van der Waals surface area contributed by atoms with Crippen molar-refractivity contribution < 1.29 is 4.42 Å². The second-order valence-electron chi connectivity index (χ2n) is 7.58. The van der Waals surface area contributed by atoms with Gasteiger partial charge in [0.05, 0.1) is 11.0 Å². The van der Waals surface area contributed by atoms with Gasteiger partial charge in [0, 0.05) is 18.1 Å². The summed E-state index contributed by atoms with van der Waals surface area (Å²) < 4.78 is 7.19. The summed E-state index contributed by atoms with van der Waals surface area (Å²) in [6.07, 6.45) is 6.51. The van der Waals surface area contributed by atoms with Crippen molar-refractivity contribution in [2.75, 3.05) is 0 Å². The fourth-order valence-corrected chi connectivity index (χ4v) is 4.58. The molecule has 0 saturated heterocycles. The zero-order valence-corrected chi connectivity index (χ0v) is 15.2. The van der Waals surface area contributed by atoms with Gasteiger partial charge in [-0.05, 0) is 67.3 Å². The number of nitrogens with zero attached hydrogens (tertiary/aromatic N) is 2. The first-order valence-corrected chi connectivity index (χ1v) is 9.71. The Hall–Kier alpha value is -2.88. The average Bonchev–Trinajstić information content (AvgIpc) is 3.03. The Morgan fingerprint density at radius 2 is 1.74 bits per heavy atom. The van der Waals surface area contributed by atoms with Crippen molar-refractivity contribution >= 4 is 22.0 Å². The van der Waals surface area contributed by atoms with E-state index >= 15 is 0 Å². The predicted molar refractivity (Wildman–Crippen MR) is 107 cm³/mol. The van der Waals surface area contributed by atoms with Crippen molar-refractivity contribution in [3.05, 3.63) is 76.9 Å². The summed E-state index contributed by atoms with van der Waals surface area (Å²) in [5.74, 6) is 0.860. The normalized spacial score (nSPS) is 20.3. The van der Waals surface area contributed by atoms with Crippen LogP contribution < -0.4 is 5.76 Å². The van der Waals surface area contributed by atoms with E-state index in [2.05, 4.69) is 29.2 Å². The third-order valence-electron chi connectivity index (χ3n) is 5.98. The Labute approximate surface area is 157 Å². The van der Waals surface area contributed by atoms with Gasteiger partial charge in [0.25, 0.3) is 0 Å². The van der Waals surface area contributed by atoms with Gasteiger partial charge in [-0.1, -0.05) is 30.3 Å². The van der Waals surface area contributed by atoms with Crippen LogP contribution in [0.25, 0.3) is 22.0 Å². The molecule has 2 aromatic carbocycles. The van der Waals surface area contributed by atoms with Crippen LogP contribution in [0.1, 0.15) is 37.2 Å². The molecule has 0 unspecified atom stereocenters. The Morgan fingerprint density at radius 1 is 0.963 bits per heavy atom. The number of aromatic nitrogens is 2. The van der Waals surface area contributed by atoms with E-state index in [1.807, 2.05) is 41.1 Å². The summed E-state index contributed by atoms with van der Waals surface area (Å²) in [6, 6.07) is 18.3. The molecule has 1 aliphatic rings. The van der Waals surface area contributed by atoms with E-state index in [0.29, 0.717) is 17.4 Å². The maximum atomic E-state index is 12.2. The standard InChI is InChI=1S/C23H22N2O2/c26-23-25(21-7-3-4-8-22(21)27-23)15-16-9-11-17(12-10-16)18-13-14-24-20-6-2-1-5-19(18)20/h1-8,13-14,16-17H,9-12,15H2/t16-,17+. The molecule has 2 aromatic heterocycles. The van der Waals surface area contributed by atoms with Crippen LogP contribution in [-0.4, -0.2) is 9.55 Å². The molecule has 1 fully saturated rings. The lowest BCUT2D eigenvalue weighted by Gasteiger charge is -2.29. The van der Waals surface area contributed by atoms with Crippen molar-refractivity contribution in [1.82, 2.24) is 9.55 Å². The van der Waals surface area contributed by atoms with Crippen molar-refractivity contribution in [3.63, 3.8) is 0 Å². The molecule has 4 aromatic rings. The second-order valence-corrected chi connectivity index (χ2v) is 7.58. The van der Waals surface area contributed by atoms with Crippen LogP contribution in [0.15, 0.2) is 70.0 Å². The quantitative estimate of drug-likeness (QED) is 0.511. The van der Waals surface area contributed by atoms with Gasteiger partial charge in [0.15, 0.2) is 5.58 Å². The smallest absolute Gasteiger partial charge is 0.408 e. The molecule has 5 rings (SSSR count). The van der Waals surface area contributed by atoms with Crippen molar-refractivity contribution in [2.24, 2.45) is 5.92 Å². The lowest BCUT2D eigenvalue weighted by atomic mass is 9.78. The third-order valence-corrected chi connectivity index (χ3v) is 5.98. The number of pyridine rings is 1. The molecular formula is C23H22N2O2. The first kappa shape index (κ1) is 16.3. The van der Waals surface area contributed by atoms with Crippen LogP contribution in [0.2, 0.25) is 0 Å². The van der Waals surface area contributed by atoms with E-state index in [4.69, 9.17) is 4.42 Å². The van der Waals surface area contributed by atoms with Crippen molar-refractivity contribution in [2.45, 2.75) is 38.1 Å². The Morgan fingerprint density at radius 3 is 2.63 bits per heavy atom. The monoisotopic (exact) mass is 358 g/mol. The van der Waals surface area contributed by atoms with Gasteiger partial charge in [0.2, 0.25) is 0 Å². The highest BCUT2D eigenvalue weighted by Crippen LogP contribution is 2.38. The number of hydrogen-bond acceptors (Lipinski definition) is 3. The minimum atomic E-state index is -0.238. The highest BCUT2D eigenvalue weighted by atomic mass is 16.4. The molecule has 0 radical (unpaired) electrons. The number of oxazole rings is 1. The highest BCUT2D eigenvalue weighted by molar-refractivity contribution is 5.82. The largest absolute Gasteiger partial charge is 0.419 e. The summed E-state index contributed by atoms with van der Waals surface area (Å²) in [5, 5.41) is 1.28. The highest BCUT2D eigenvalue weighted by Gasteiger charge is 2.25. The molecule has 4 heteroatoms. The van der Waals surface area contributed by atoms with Crippen LogP contribution in [0.4, 0.5) is 0 Å².